The van der Waals surface area contributed by atoms with E-state index in [0.717, 1.165) is 0 Å². The summed E-state index contributed by atoms with van der Waals surface area (Å²) in [4.78, 5) is 10.8. The lowest BCUT2D eigenvalue weighted by atomic mass is 9.99. The molecule has 0 bridgehead atoms. The van der Waals surface area contributed by atoms with Crippen molar-refractivity contribution < 1.29 is 9.53 Å². The van der Waals surface area contributed by atoms with Crippen molar-refractivity contribution in [3.63, 3.8) is 0 Å². The second kappa shape index (κ2) is 4.65. The third-order valence-electron chi connectivity index (χ3n) is 0.982. The van der Waals surface area contributed by atoms with E-state index in [1.807, 2.05) is 20.8 Å². The molecular weight excluding hydrogens is 160 g/mol. The molecule has 2 nitrogen and oxygen atoms in total. The van der Waals surface area contributed by atoms with Crippen molar-refractivity contribution in [2.24, 2.45) is 5.41 Å². The van der Waals surface area contributed by atoms with E-state index in [-0.39, 0.29) is 11.4 Å². The topological polar surface area (TPSA) is 26.3 Å². The van der Waals surface area contributed by atoms with Gasteiger partial charge in [-0.25, -0.2) is 0 Å². The SMILES string of the molecule is CC(C)(C)COC(=O)CCS. The summed E-state index contributed by atoms with van der Waals surface area (Å²) in [6, 6.07) is 0. The number of hydrogen-bond acceptors (Lipinski definition) is 3. The van der Waals surface area contributed by atoms with Gasteiger partial charge in [0.05, 0.1) is 13.0 Å². The monoisotopic (exact) mass is 176 g/mol. The zero-order chi connectivity index (χ0) is 8.91. The lowest BCUT2D eigenvalue weighted by molar-refractivity contribution is -0.145. The van der Waals surface area contributed by atoms with E-state index in [1.54, 1.807) is 0 Å². The molecule has 0 rings (SSSR count). The number of carbonyl (C=O) groups is 1. The standard InChI is InChI=1S/C8H16O2S/c1-8(2,3)6-10-7(9)4-5-11/h11H,4-6H2,1-3H3. The van der Waals surface area contributed by atoms with Gasteiger partial charge in [-0.05, 0) is 5.41 Å². The number of hydrogen-bond donors (Lipinski definition) is 1. The zero-order valence-corrected chi connectivity index (χ0v) is 8.28. The molecule has 0 atom stereocenters. The molecule has 0 heterocycles. The highest BCUT2D eigenvalue weighted by molar-refractivity contribution is 7.80. The molecule has 0 spiro atoms. The fourth-order valence-corrected chi connectivity index (χ4v) is 0.643. The minimum Gasteiger partial charge on any atom is -0.465 e. The summed E-state index contributed by atoms with van der Waals surface area (Å²) < 4.78 is 4.96. The summed E-state index contributed by atoms with van der Waals surface area (Å²) in [5.41, 5.74) is 0.0618. The second-order valence-corrected chi connectivity index (χ2v) is 4.14. The number of rotatable bonds is 3. The van der Waals surface area contributed by atoms with Gasteiger partial charge in [0.25, 0.3) is 0 Å². The molecule has 0 aliphatic carbocycles. The van der Waals surface area contributed by atoms with Gasteiger partial charge in [-0.1, -0.05) is 20.8 Å². The van der Waals surface area contributed by atoms with Gasteiger partial charge in [-0.15, -0.1) is 0 Å². The van der Waals surface area contributed by atoms with Crippen molar-refractivity contribution in [1.29, 1.82) is 0 Å². The van der Waals surface area contributed by atoms with Crippen molar-refractivity contribution in [3.05, 3.63) is 0 Å². The van der Waals surface area contributed by atoms with E-state index in [0.29, 0.717) is 18.8 Å². The lowest BCUT2D eigenvalue weighted by Crippen LogP contribution is -2.18. The van der Waals surface area contributed by atoms with Crippen LogP contribution in [0.4, 0.5) is 0 Å². The fourth-order valence-electron chi connectivity index (χ4n) is 0.460. The normalized spacial score (nSPS) is 11.3. The third-order valence-corrected chi connectivity index (χ3v) is 1.21. The summed E-state index contributed by atoms with van der Waals surface area (Å²) in [5.74, 6) is 0.401. The Morgan fingerprint density at radius 2 is 2.00 bits per heavy atom. The molecule has 0 aromatic carbocycles. The first-order valence-corrected chi connectivity index (χ1v) is 4.35. The fraction of sp³-hybridized carbons (Fsp3) is 0.875. The predicted molar refractivity (Wildman–Crippen MR) is 48.9 cm³/mol. The quantitative estimate of drug-likeness (QED) is 0.525. The van der Waals surface area contributed by atoms with Crippen LogP contribution >= 0.6 is 12.6 Å². The van der Waals surface area contributed by atoms with Crippen LogP contribution in [0.3, 0.4) is 0 Å². The maximum Gasteiger partial charge on any atom is 0.306 e. The molecule has 11 heavy (non-hydrogen) atoms. The minimum absolute atomic E-state index is 0.0618. The molecule has 0 aromatic heterocycles. The van der Waals surface area contributed by atoms with Crippen LogP contribution in [-0.2, 0) is 9.53 Å². The van der Waals surface area contributed by atoms with Crippen LogP contribution in [0.2, 0.25) is 0 Å². The van der Waals surface area contributed by atoms with Crippen molar-refractivity contribution >= 4 is 18.6 Å². The molecular formula is C8H16O2S. The van der Waals surface area contributed by atoms with Gasteiger partial charge in [-0.3, -0.25) is 4.79 Å². The molecule has 0 radical (unpaired) electrons. The predicted octanol–water partition coefficient (Wildman–Crippen LogP) is 1.90. The highest BCUT2D eigenvalue weighted by Gasteiger charge is 2.12. The van der Waals surface area contributed by atoms with E-state index in [9.17, 15) is 4.79 Å². The minimum atomic E-state index is -0.157. The van der Waals surface area contributed by atoms with Gasteiger partial charge in [0.15, 0.2) is 0 Å². The van der Waals surface area contributed by atoms with E-state index < -0.39 is 0 Å². The average Bonchev–Trinajstić information content (AvgIpc) is 1.83. The average molecular weight is 176 g/mol. The summed E-state index contributed by atoms with van der Waals surface area (Å²) in [6.07, 6.45) is 0.402. The van der Waals surface area contributed by atoms with E-state index >= 15 is 0 Å². The Hall–Kier alpha value is -0.180. The molecule has 3 heteroatoms. The van der Waals surface area contributed by atoms with Crippen LogP contribution in [0.25, 0.3) is 0 Å². The van der Waals surface area contributed by atoms with Crippen molar-refractivity contribution in [3.8, 4) is 0 Å². The summed E-state index contributed by atoms with van der Waals surface area (Å²) >= 11 is 3.92. The van der Waals surface area contributed by atoms with Gasteiger partial charge < -0.3 is 4.74 Å². The molecule has 0 saturated carbocycles. The Morgan fingerprint density at radius 3 is 2.36 bits per heavy atom. The summed E-state index contributed by atoms with van der Waals surface area (Å²) in [6.45, 7) is 6.57. The van der Waals surface area contributed by atoms with Gasteiger partial charge in [0, 0.05) is 5.75 Å². The molecule has 0 unspecified atom stereocenters. The number of esters is 1. The zero-order valence-electron chi connectivity index (χ0n) is 7.39. The smallest absolute Gasteiger partial charge is 0.306 e. The Morgan fingerprint density at radius 1 is 1.45 bits per heavy atom. The first kappa shape index (κ1) is 10.8. The summed E-state index contributed by atoms with van der Waals surface area (Å²) in [7, 11) is 0. The first-order valence-electron chi connectivity index (χ1n) is 3.72. The van der Waals surface area contributed by atoms with Gasteiger partial charge >= 0.3 is 5.97 Å². The molecule has 66 valence electrons. The van der Waals surface area contributed by atoms with Gasteiger partial charge in [0.1, 0.15) is 0 Å². The Labute approximate surface area is 73.7 Å². The van der Waals surface area contributed by atoms with Crippen molar-refractivity contribution in [2.75, 3.05) is 12.4 Å². The second-order valence-electron chi connectivity index (χ2n) is 3.69. The first-order chi connectivity index (χ1) is 4.95. The largest absolute Gasteiger partial charge is 0.465 e. The van der Waals surface area contributed by atoms with Crippen molar-refractivity contribution in [1.82, 2.24) is 0 Å². The highest BCUT2D eigenvalue weighted by Crippen LogP contribution is 2.13. The summed E-state index contributed by atoms with van der Waals surface area (Å²) in [5, 5.41) is 0. The Bertz CT molecular complexity index is 127. The van der Waals surface area contributed by atoms with Crippen LogP contribution in [-0.4, -0.2) is 18.3 Å². The van der Waals surface area contributed by atoms with Gasteiger partial charge in [-0.2, -0.15) is 12.6 Å². The molecule has 0 saturated heterocycles. The molecule has 0 aliphatic heterocycles. The maximum absolute atomic E-state index is 10.8. The number of ether oxygens (including phenoxy) is 1. The highest BCUT2D eigenvalue weighted by atomic mass is 32.1. The molecule has 0 N–H and O–H groups in total. The third kappa shape index (κ3) is 7.72. The molecule has 0 aliphatic rings. The van der Waals surface area contributed by atoms with Crippen LogP contribution in [0.15, 0.2) is 0 Å². The van der Waals surface area contributed by atoms with E-state index in [4.69, 9.17) is 4.74 Å². The maximum atomic E-state index is 10.8. The van der Waals surface area contributed by atoms with Crippen LogP contribution in [0.1, 0.15) is 27.2 Å². The molecule has 0 amide bonds. The molecule has 0 fully saturated rings. The van der Waals surface area contributed by atoms with E-state index in [1.165, 1.54) is 0 Å². The van der Waals surface area contributed by atoms with Crippen molar-refractivity contribution in [2.45, 2.75) is 27.2 Å². The van der Waals surface area contributed by atoms with E-state index in [2.05, 4.69) is 12.6 Å². The van der Waals surface area contributed by atoms with Crippen LogP contribution < -0.4 is 0 Å². The van der Waals surface area contributed by atoms with Crippen LogP contribution in [0.5, 0.6) is 0 Å². The number of thiol groups is 1. The molecule has 0 aromatic rings. The Kier molecular flexibility index (Phi) is 4.57. The van der Waals surface area contributed by atoms with Crippen LogP contribution in [0, 0.1) is 5.41 Å². The number of carbonyl (C=O) groups excluding carboxylic acids is 1. The van der Waals surface area contributed by atoms with Gasteiger partial charge in [0.2, 0.25) is 0 Å². The Balaban J connectivity index is 3.46. The lowest BCUT2D eigenvalue weighted by Gasteiger charge is -2.17.